The summed E-state index contributed by atoms with van der Waals surface area (Å²) in [6, 6.07) is 8.19. The molecule has 2 atom stereocenters. The van der Waals surface area contributed by atoms with Crippen LogP contribution in [-0.4, -0.2) is 54.4 Å². The molecule has 2 aromatic carbocycles. The van der Waals surface area contributed by atoms with Gasteiger partial charge in [0.05, 0.1) is 26.2 Å². The number of amides is 1. The highest BCUT2D eigenvalue weighted by molar-refractivity contribution is 5.97. The number of pyridine rings is 1. The van der Waals surface area contributed by atoms with Gasteiger partial charge in [0.25, 0.3) is 5.91 Å². The number of nitrogens with one attached hydrogen (secondary N) is 1. The summed E-state index contributed by atoms with van der Waals surface area (Å²) in [5.74, 6) is -3.41. The topological polar surface area (TPSA) is 116 Å². The van der Waals surface area contributed by atoms with E-state index in [0.29, 0.717) is 11.1 Å². The number of aromatic hydroxyl groups is 1. The maximum atomic E-state index is 14.1. The molecule has 0 unspecified atom stereocenters. The summed E-state index contributed by atoms with van der Waals surface area (Å²) in [5.41, 5.74) is 0.641. The highest BCUT2D eigenvalue weighted by Crippen LogP contribution is 2.40. The molecule has 11 heteroatoms. The largest absolute Gasteiger partial charge is 0.503 e. The first-order chi connectivity index (χ1) is 19.1. The van der Waals surface area contributed by atoms with Crippen molar-refractivity contribution in [1.82, 2.24) is 10.3 Å². The lowest BCUT2D eigenvalue weighted by Crippen LogP contribution is -2.41. The van der Waals surface area contributed by atoms with Crippen LogP contribution in [0.3, 0.4) is 0 Å². The second kappa shape index (κ2) is 13.6. The SMILES string of the molecule is CCOc1cc(F)ccc1C(c1ccc(F)cc1OCC)[C@H](C)OC(=O)[C@H](C)NC(=O)c1nccc(OC)c1O. The van der Waals surface area contributed by atoms with E-state index in [1.54, 1.807) is 20.8 Å². The van der Waals surface area contributed by atoms with Gasteiger partial charge in [0.2, 0.25) is 0 Å². The van der Waals surface area contributed by atoms with Gasteiger partial charge >= 0.3 is 5.97 Å². The number of benzene rings is 2. The van der Waals surface area contributed by atoms with Gasteiger partial charge in [-0.05, 0) is 39.8 Å². The summed E-state index contributed by atoms with van der Waals surface area (Å²) in [6.45, 7) is 7.00. The molecule has 0 bridgehead atoms. The number of nitrogens with zero attached hydrogens (tertiary/aromatic N) is 1. The maximum Gasteiger partial charge on any atom is 0.328 e. The predicted molar refractivity (Wildman–Crippen MR) is 142 cm³/mol. The van der Waals surface area contributed by atoms with Gasteiger partial charge in [0, 0.05) is 35.5 Å². The van der Waals surface area contributed by atoms with Crippen molar-refractivity contribution in [2.24, 2.45) is 0 Å². The zero-order valence-electron chi connectivity index (χ0n) is 22.9. The molecular weight excluding hydrogens is 526 g/mol. The highest BCUT2D eigenvalue weighted by Gasteiger charge is 2.32. The minimum absolute atomic E-state index is 0.0423. The van der Waals surface area contributed by atoms with Crippen molar-refractivity contribution >= 4 is 11.9 Å². The molecule has 1 heterocycles. The Kier molecular flexibility index (Phi) is 10.2. The molecule has 0 aliphatic heterocycles. The minimum Gasteiger partial charge on any atom is -0.503 e. The Balaban J connectivity index is 1.93. The normalized spacial score (nSPS) is 12.4. The van der Waals surface area contributed by atoms with Crippen molar-refractivity contribution in [3.8, 4) is 23.0 Å². The van der Waals surface area contributed by atoms with Crippen LogP contribution in [0.2, 0.25) is 0 Å². The van der Waals surface area contributed by atoms with Crippen molar-refractivity contribution in [2.45, 2.75) is 45.8 Å². The Labute approximate surface area is 231 Å². The van der Waals surface area contributed by atoms with Crippen LogP contribution in [0.15, 0.2) is 48.7 Å². The maximum absolute atomic E-state index is 14.1. The van der Waals surface area contributed by atoms with Gasteiger partial charge < -0.3 is 29.4 Å². The van der Waals surface area contributed by atoms with Gasteiger partial charge in [-0.25, -0.2) is 18.6 Å². The summed E-state index contributed by atoms with van der Waals surface area (Å²) < 4.78 is 50.4. The molecule has 0 fully saturated rings. The number of carbonyl (C=O) groups is 2. The van der Waals surface area contributed by atoms with Gasteiger partial charge in [0.15, 0.2) is 17.2 Å². The molecule has 40 heavy (non-hydrogen) atoms. The lowest BCUT2D eigenvalue weighted by Gasteiger charge is -2.29. The van der Waals surface area contributed by atoms with Gasteiger partial charge in [-0.15, -0.1) is 0 Å². The molecule has 214 valence electrons. The summed E-state index contributed by atoms with van der Waals surface area (Å²) in [4.78, 5) is 29.7. The number of hydrogen-bond acceptors (Lipinski definition) is 8. The van der Waals surface area contributed by atoms with Crippen molar-refractivity contribution < 1.29 is 42.4 Å². The lowest BCUT2D eigenvalue weighted by molar-refractivity contribution is -0.150. The molecular formula is C29H32F2N2O7. The number of halogens is 2. The first-order valence-corrected chi connectivity index (χ1v) is 12.7. The third-order valence-corrected chi connectivity index (χ3v) is 6.02. The first kappa shape index (κ1) is 30.1. The van der Waals surface area contributed by atoms with E-state index in [1.165, 1.54) is 62.7 Å². The number of hydrogen-bond donors (Lipinski definition) is 2. The molecule has 0 aliphatic carbocycles. The van der Waals surface area contributed by atoms with Gasteiger partial charge in [-0.3, -0.25) is 4.79 Å². The number of rotatable bonds is 12. The molecule has 0 saturated carbocycles. The van der Waals surface area contributed by atoms with Crippen LogP contribution in [-0.2, 0) is 9.53 Å². The van der Waals surface area contributed by atoms with E-state index in [1.807, 2.05) is 0 Å². The highest BCUT2D eigenvalue weighted by atomic mass is 19.1. The fraction of sp³-hybridized carbons (Fsp3) is 0.345. The van der Waals surface area contributed by atoms with E-state index in [4.69, 9.17) is 18.9 Å². The number of ether oxygens (including phenoxy) is 4. The Morgan fingerprint density at radius 3 is 1.98 bits per heavy atom. The van der Waals surface area contributed by atoms with Crippen LogP contribution in [0, 0.1) is 11.6 Å². The van der Waals surface area contributed by atoms with Crippen LogP contribution in [0.1, 0.15) is 55.2 Å². The number of methoxy groups -OCH3 is 1. The monoisotopic (exact) mass is 558 g/mol. The second-order valence-corrected chi connectivity index (χ2v) is 8.76. The fourth-order valence-electron chi connectivity index (χ4n) is 4.21. The molecule has 0 spiro atoms. The van der Waals surface area contributed by atoms with E-state index < -0.39 is 47.3 Å². The summed E-state index contributed by atoms with van der Waals surface area (Å²) in [5, 5.41) is 12.7. The van der Waals surface area contributed by atoms with Gasteiger partial charge in [-0.2, -0.15) is 0 Å². The Hall–Kier alpha value is -4.41. The average molecular weight is 559 g/mol. The molecule has 0 radical (unpaired) electrons. The Bertz CT molecular complexity index is 1300. The summed E-state index contributed by atoms with van der Waals surface area (Å²) in [6.07, 6.45) is 0.366. The predicted octanol–water partition coefficient (Wildman–Crippen LogP) is 4.75. The third kappa shape index (κ3) is 6.96. The molecule has 9 nitrogen and oxygen atoms in total. The number of aromatic nitrogens is 1. The van der Waals surface area contributed by atoms with Crippen molar-refractivity contribution in [1.29, 1.82) is 0 Å². The zero-order chi connectivity index (χ0) is 29.4. The summed E-state index contributed by atoms with van der Waals surface area (Å²) >= 11 is 0. The number of carbonyl (C=O) groups excluding carboxylic acids is 2. The van der Waals surface area contributed by atoms with E-state index in [0.717, 1.165) is 0 Å². The van der Waals surface area contributed by atoms with Crippen molar-refractivity contribution in [3.63, 3.8) is 0 Å². The van der Waals surface area contributed by atoms with Crippen molar-refractivity contribution in [3.05, 3.63) is 77.1 Å². The van der Waals surface area contributed by atoms with E-state index in [2.05, 4.69) is 10.3 Å². The number of esters is 1. The molecule has 0 saturated heterocycles. The lowest BCUT2D eigenvalue weighted by atomic mass is 9.85. The molecule has 1 amide bonds. The van der Waals surface area contributed by atoms with Crippen LogP contribution in [0.4, 0.5) is 8.78 Å². The third-order valence-electron chi connectivity index (χ3n) is 6.02. The summed E-state index contributed by atoms with van der Waals surface area (Å²) in [7, 11) is 1.32. The van der Waals surface area contributed by atoms with Gasteiger partial charge in [0.1, 0.15) is 35.3 Å². The quantitative estimate of drug-likeness (QED) is 0.306. The molecule has 3 aromatic rings. The fourth-order valence-corrected chi connectivity index (χ4v) is 4.21. The minimum atomic E-state index is -1.15. The van der Waals surface area contributed by atoms with Crippen molar-refractivity contribution in [2.75, 3.05) is 20.3 Å². The molecule has 2 N–H and O–H groups in total. The van der Waals surface area contributed by atoms with Crippen LogP contribution in [0.5, 0.6) is 23.0 Å². The smallest absolute Gasteiger partial charge is 0.328 e. The second-order valence-electron chi connectivity index (χ2n) is 8.76. The standard InChI is InChI=1S/C29H32F2N2O7/c1-6-38-23-14-18(30)8-10-20(23)25(21-11-9-19(31)15-24(21)39-7-2)17(4)40-29(36)16(3)33-28(35)26-27(34)22(37-5)12-13-32-26/h8-17,25,34H,6-7H2,1-5H3,(H,33,35)/t16-,17-/m0/s1. The average Bonchev–Trinajstić information content (AvgIpc) is 2.91. The zero-order valence-corrected chi connectivity index (χ0v) is 22.9. The Morgan fingerprint density at radius 1 is 0.925 bits per heavy atom. The van der Waals surface area contributed by atoms with E-state index in [-0.39, 0.29) is 36.2 Å². The molecule has 0 aliphatic rings. The van der Waals surface area contributed by atoms with Crippen LogP contribution in [0.25, 0.3) is 0 Å². The molecule has 1 aromatic heterocycles. The molecule has 3 rings (SSSR count). The Morgan fingerprint density at radius 2 is 1.48 bits per heavy atom. The van der Waals surface area contributed by atoms with Crippen LogP contribution >= 0.6 is 0 Å². The van der Waals surface area contributed by atoms with E-state index in [9.17, 15) is 23.5 Å². The van der Waals surface area contributed by atoms with Gasteiger partial charge in [-0.1, -0.05) is 12.1 Å². The van der Waals surface area contributed by atoms with Crippen LogP contribution < -0.4 is 19.5 Å². The first-order valence-electron chi connectivity index (χ1n) is 12.7. The van der Waals surface area contributed by atoms with E-state index >= 15 is 0 Å².